The number of hydrogen-bond donors (Lipinski definition) is 1. The summed E-state index contributed by atoms with van der Waals surface area (Å²) in [5.74, 6) is 0.110. The molecule has 0 aliphatic carbocycles. The highest BCUT2D eigenvalue weighted by Gasteiger charge is 2.15. The molecular formula is C27H30FN3O2. The van der Waals surface area contributed by atoms with Gasteiger partial charge in [-0.05, 0) is 80.1 Å². The second-order valence-corrected chi connectivity index (χ2v) is 8.50. The number of carbonyl (C=O) groups is 1. The molecule has 5 nitrogen and oxygen atoms in total. The first-order chi connectivity index (χ1) is 16.0. The largest absolute Gasteiger partial charge is 0.496 e. The average molecular weight is 448 g/mol. The highest BCUT2D eigenvalue weighted by Crippen LogP contribution is 2.29. The zero-order chi connectivity index (χ0) is 23.2. The minimum absolute atomic E-state index is 0.287. The van der Waals surface area contributed by atoms with Crippen molar-refractivity contribution in [3.8, 4) is 16.9 Å². The lowest BCUT2D eigenvalue weighted by Gasteiger charge is -2.22. The van der Waals surface area contributed by atoms with E-state index in [1.54, 1.807) is 13.2 Å². The Morgan fingerprint density at radius 3 is 2.61 bits per heavy atom. The van der Waals surface area contributed by atoms with Crippen LogP contribution >= 0.6 is 0 Å². The fourth-order valence-electron chi connectivity index (χ4n) is 4.19. The van der Waals surface area contributed by atoms with Gasteiger partial charge in [-0.25, -0.2) is 4.39 Å². The molecule has 0 bridgehead atoms. The fourth-order valence-corrected chi connectivity index (χ4v) is 4.19. The van der Waals surface area contributed by atoms with Gasteiger partial charge >= 0.3 is 0 Å². The SMILES string of the molecule is COc1ccc(-c2cccc(NC(=O)c3cccc(F)c3)c2)cc1CN1CCCN(C)CC1. The Morgan fingerprint density at radius 1 is 0.970 bits per heavy atom. The van der Waals surface area contributed by atoms with Crippen LogP contribution < -0.4 is 10.1 Å². The van der Waals surface area contributed by atoms with Gasteiger partial charge in [0.15, 0.2) is 0 Å². The van der Waals surface area contributed by atoms with Gasteiger partial charge in [0, 0.05) is 36.4 Å². The van der Waals surface area contributed by atoms with Crippen molar-refractivity contribution in [1.29, 1.82) is 0 Å². The molecule has 6 heteroatoms. The molecule has 0 spiro atoms. The molecule has 1 N–H and O–H groups in total. The number of ether oxygens (including phenoxy) is 1. The highest BCUT2D eigenvalue weighted by atomic mass is 19.1. The van der Waals surface area contributed by atoms with Crippen LogP contribution in [0.3, 0.4) is 0 Å². The van der Waals surface area contributed by atoms with Crippen LogP contribution in [0, 0.1) is 5.82 Å². The molecule has 1 heterocycles. The molecule has 0 saturated carbocycles. The third kappa shape index (κ3) is 5.97. The summed E-state index contributed by atoms with van der Waals surface area (Å²) in [6.45, 7) is 5.13. The number of likely N-dealkylation sites (N-methyl/N-ethyl adjacent to an activating group) is 1. The van der Waals surface area contributed by atoms with E-state index in [0.29, 0.717) is 5.69 Å². The van der Waals surface area contributed by atoms with Gasteiger partial charge in [0.2, 0.25) is 0 Å². The summed E-state index contributed by atoms with van der Waals surface area (Å²) in [6, 6.07) is 19.6. The number of nitrogens with one attached hydrogen (secondary N) is 1. The number of benzene rings is 3. The molecule has 1 aliphatic heterocycles. The van der Waals surface area contributed by atoms with Gasteiger partial charge < -0.3 is 15.0 Å². The van der Waals surface area contributed by atoms with Gasteiger partial charge in [0.1, 0.15) is 11.6 Å². The number of anilines is 1. The van der Waals surface area contributed by atoms with Gasteiger partial charge in [0.05, 0.1) is 7.11 Å². The number of nitrogens with zero attached hydrogens (tertiary/aromatic N) is 2. The number of amides is 1. The van der Waals surface area contributed by atoms with Crippen molar-refractivity contribution >= 4 is 11.6 Å². The molecule has 1 amide bonds. The molecule has 1 fully saturated rings. The molecule has 3 aromatic carbocycles. The molecule has 0 radical (unpaired) electrons. The van der Waals surface area contributed by atoms with Crippen LogP contribution in [0.2, 0.25) is 0 Å². The molecule has 33 heavy (non-hydrogen) atoms. The summed E-state index contributed by atoms with van der Waals surface area (Å²) in [5.41, 5.74) is 4.14. The van der Waals surface area contributed by atoms with Crippen LogP contribution in [0.1, 0.15) is 22.3 Å². The van der Waals surface area contributed by atoms with Gasteiger partial charge in [-0.15, -0.1) is 0 Å². The summed E-state index contributed by atoms with van der Waals surface area (Å²) in [6.07, 6.45) is 1.16. The average Bonchev–Trinajstić information content (AvgIpc) is 3.03. The Kier molecular flexibility index (Phi) is 7.37. The number of halogens is 1. The first-order valence-corrected chi connectivity index (χ1v) is 11.3. The van der Waals surface area contributed by atoms with Crippen molar-refractivity contribution in [2.75, 3.05) is 45.7 Å². The lowest BCUT2D eigenvalue weighted by molar-refractivity contribution is 0.102. The van der Waals surface area contributed by atoms with Crippen molar-refractivity contribution in [1.82, 2.24) is 9.80 Å². The van der Waals surface area contributed by atoms with E-state index in [1.807, 2.05) is 36.4 Å². The maximum absolute atomic E-state index is 13.5. The van der Waals surface area contributed by atoms with Crippen LogP contribution in [-0.2, 0) is 6.54 Å². The monoisotopic (exact) mass is 447 g/mol. The van der Waals surface area contributed by atoms with E-state index in [4.69, 9.17) is 4.74 Å². The normalized spacial score (nSPS) is 15.1. The Hall–Kier alpha value is -3.22. The summed E-state index contributed by atoms with van der Waals surface area (Å²) in [5, 5.41) is 2.87. The van der Waals surface area contributed by atoms with Crippen LogP contribution in [0.25, 0.3) is 11.1 Å². The Balaban J connectivity index is 1.54. The molecule has 0 unspecified atom stereocenters. The van der Waals surface area contributed by atoms with Crippen LogP contribution in [-0.4, -0.2) is 56.0 Å². The lowest BCUT2D eigenvalue weighted by atomic mass is 10.0. The second kappa shape index (κ2) is 10.6. The first kappa shape index (κ1) is 23.0. The maximum atomic E-state index is 13.5. The summed E-state index contributed by atoms with van der Waals surface area (Å²) in [4.78, 5) is 17.4. The zero-order valence-electron chi connectivity index (χ0n) is 19.2. The second-order valence-electron chi connectivity index (χ2n) is 8.50. The standard InChI is InChI=1S/C27H30FN3O2/c1-30-12-5-13-31(15-14-30)19-23-16-21(10-11-26(23)33-2)20-6-4-9-25(18-20)29-27(32)22-7-3-8-24(28)17-22/h3-4,6-11,16-18H,5,12-15,19H2,1-2H3,(H,29,32). The van der Waals surface area contributed by atoms with Crippen LogP contribution in [0.15, 0.2) is 66.7 Å². The van der Waals surface area contributed by atoms with E-state index in [-0.39, 0.29) is 11.5 Å². The van der Waals surface area contributed by atoms with Crippen molar-refractivity contribution in [2.24, 2.45) is 0 Å². The number of hydrogen-bond acceptors (Lipinski definition) is 4. The third-order valence-corrected chi connectivity index (χ3v) is 6.03. The van der Waals surface area contributed by atoms with Crippen LogP contribution in [0.5, 0.6) is 5.75 Å². The number of methoxy groups -OCH3 is 1. The molecule has 4 rings (SSSR count). The number of carbonyl (C=O) groups excluding carboxylic acids is 1. The van der Waals surface area contributed by atoms with E-state index in [2.05, 4.69) is 28.2 Å². The van der Waals surface area contributed by atoms with Crippen molar-refractivity contribution in [3.05, 3.63) is 83.7 Å². The quantitative estimate of drug-likeness (QED) is 0.584. The van der Waals surface area contributed by atoms with Gasteiger partial charge in [-0.1, -0.05) is 24.3 Å². The summed E-state index contributed by atoms with van der Waals surface area (Å²) in [7, 11) is 3.88. The first-order valence-electron chi connectivity index (χ1n) is 11.3. The van der Waals surface area contributed by atoms with Gasteiger partial charge in [0.25, 0.3) is 5.91 Å². The van der Waals surface area contributed by atoms with E-state index in [1.165, 1.54) is 18.2 Å². The highest BCUT2D eigenvalue weighted by molar-refractivity contribution is 6.04. The lowest BCUT2D eigenvalue weighted by Crippen LogP contribution is -2.28. The van der Waals surface area contributed by atoms with Crippen LogP contribution in [0.4, 0.5) is 10.1 Å². The zero-order valence-corrected chi connectivity index (χ0v) is 19.2. The Labute approximate surface area is 194 Å². The van der Waals surface area contributed by atoms with E-state index in [9.17, 15) is 9.18 Å². The molecule has 1 aliphatic rings. The van der Waals surface area contributed by atoms with E-state index in [0.717, 1.165) is 61.6 Å². The van der Waals surface area contributed by atoms with E-state index < -0.39 is 5.82 Å². The minimum Gasteiger partial charge on any atom is -0.496 e. The van der Waals surface area contributed by atoms with E-state index >= 15 is 0 Å². The third-order valence-electron chi connectivity index (χ3n) is 6.03. The molecule has 3 aromatic rings. The topological polar surface area (TPSA) is 44.8 Å². The Bertz CT molecular complexity index is 1120. The summed E-state index contributed by atoms with van der Waals surface area (Å²) >= 11 is 0. The maximum Gasteiger partial charge on any atom is 0.255 e. The summed E-state index contributed by atoms with van der Waals surface area (Å²) < 4.78 is 19.1. The molecule has 172 valence electrons. The predicted molar refractivity (Wildman–Crippen MR) is 130 cm³/mol. The minimum atomic E-state index is -0.432. The smallest absolute Gasteiger partial charge is 0.255 e. The van der Waals surface area contributed by atoms with Gasteiger partial charge in [-0.3, -0.25) is 9.69 Å². The van der Waals surface area contributed by atoms with Crippen molar-refractivity contribution in [3.63, 3.8) is 0 Å². The Morgan fingerprint density at radius 2 is 1.79 bits per heavy atom. The van der Waals surface area contributed by atoms with Crippen molar-refractivity contribution < 1.29 is 13.9 Å². The number of rotatable bonds is 6. The molecule has 0 aromatic heterocycles. The van der Waals surface area contributed by atoms with Crippen molar-refractivity contribution in [2.45, 2.75) is 13.0 Å². The molecule has 1 saturated heterocycles. The van der Waals surface area contributed by atoms with Gasteiger partial charge in [-0.2, -0.15) is 0 Å². The fraction of sp³-hybridized carbons (Fsp3) is 0.296. The molecule has 0 atom stereocenters. The predicted octanol–water partition coefficient (Wildman–Crippen LogP) is 4.89. The molecular weight excluding hydrogens is 417 g/mol.